The molecular weight excluding hydrogens is 398 g/mol. The lowest BCUT2D eigenvalue weighted by atomic mass is 10.1. The van der Waals surface area contributed by atoms with Crippen LogP contribution >= 0.6 is 0 Å². The Hall–Kier alpha value is -3.33. The first-order chi connectivity index (χ1) is 13.9. The Kier molecular flexibility index (Phi) is 4.75. The number of rotatable bonds is 5. The molecule has 9 heteroatoms. The number of aromatic amines is 1. The minimum Gasteiger partial charge on any atom is -0.339 e. The van der Waals surface area contributed by atoms with E-state index in [0.717, 1.165) is 11.6 Å². The summed E-state index contributed by atoms with van der Waals surface area (Å²) >= 11 is 0. The molecule has 0 saturated heterocycles. The smallest absolute Gasteiger partial charge is 0.232 e. The lowest BCUT2D eigenvalue weighted by molar-refractivity contribution is 0.602. The molecule has 148 valence electrons. The van der Waals surface area contributed by atoms with Crippen molar-refractivity contribution in [3.8, 4) is 22.5 Å². The van der Waals surface area contributed by atoms with Crippen LogP contribution in [0.2, 0.25) is 0 Å². The predicted molar refractivity (Wildman–Crippen MR) is 108 cm³/mol. The van der Waals surface area contributed by atoms with Gasteiger partial charge in [0.15, 0.2) is 0 Å². The molecule has 0 aliphatic carbocycles. The molecule has 0 atom stereocenters. The highest BCUT2D eigenvalue weighted by molar-refractivity contribution is 7.92. The molecule has 29 heavy (non-hydrogen) atoms. The first-order valence-corrected chi connectivity index (χ1v) is 10.4. The van der Waals surface area contributed by atoms with Gasteiger partial charge in [0.25, 0.3) is 0 Å². The molecule has 0 amide bonds. The van der Waals surface area contributed by atoms with Crippen LogP contribution < -0.4 is 4.72 Å². The fourth-order valence-corrected chi connectivity index (χ4v) is 3.59. The number of halogens is 2. The second kappa shape index (κ2) is 7.25. The van der Waals surface area contributed by atoms with Crippen molar-refractivity contribution >= 4 is 26.7 Å². The number of nitrogens with zero attached hydrogens (tertiary/aromatic N) is 2. The Bertz CT molecular complexity index is 1300. The number of anilines is 1. The van der Waals surface area contributed by atoms with Gasteiger partial charge in [-0.2, -0.15) is 0 Å². The Morgan fingerprint density at radius 2 is 1.79 bits per heavy atom. The van der Waals surface area contributed by atoms with Gasteiger partial charge in [0.05, 0.1) is 17.1 Å². The van der Waals surface area contributed by atoms with E-state index >= 15 is 0 Å². The normalized spacial score (nSPS) is 11.7. The van der Waals surface area contributed by atoms with Gasteiger partial charge in [0, 0.05) is 16.6 Å². The summed E-state index contributed by atoms with van der Waals surface area (Å²) in [6.45, 7) is 1.50. The zero-order valence-electron chi connectivity index (χ0n) is 15.3. The Morgan fingerprint density at radius 3 is 2.48 bits per heavy atom. The van der Waals surface area contributed by atoms with E-state index < -0.39 is 15.8 Å². The maximum absolute atomic E-state index is 14.8. The maximum atomic E-state index is 14.8. The summed E-state index contributed by atoms with van der Waals surface area (Å²) in [5.74, 6) is -1.07. The van der Waals surface area contributed by atoms with Crippen LogP contribution in [-0.4, -0.2) is 29.1 Å². The van der Waals surface area contributed by atoms with Gasteiger partial charge < -0.3 is 4.98 Å². The molecule has 0 fully saturated rings. The van der Waals surface area contributed by atoms with E-state index in [9.17, 15) is 17.2 Å². The van der Waals surface area contributed by atoms with E-state index in [1.807, 2.05) is 0 Å². The third kappa shape index (κ3) is 3.81. The average molecular weight is 414 g/mol. The monoisotopic (exact) mass is 414 g/mol. The summed E-state index contributed by atoms with van der Waals surface area (Å²) in [5, 5.41) is 0.590. The van der Waals surface area contributed by atoms with Crippen LogP contribution in [0.3, 0.4) is 0 Å². The predicted octanol–water partition coefficient (Wildman–Crippen LogP) is 4.33. The number of hydrogen-bond acceptors (Lipinski definition) is 4. The van der Waals surface area contributed by atoms with Crippen molar-refractivity contribution < 1.29 is 17.2 Å². The maximum Gasteiger partial charge on any atom is 0.232 e. The number of hydrogen-bond donors (Lipinski definition) is 2. The fourth-order valence-electron chi connectivity index (χ4n) is 2.96. The number of nitrogens with one attached hydrogen (secondary N) is 2. The highest BCUT2D eigenvalue weighted by atomic mass is 32.2. The summed E-state index contributed by atoms with van der Waals surface area (Å²) in [7, 11) is -3.51. The van der Waals surface area contributed by atoms with Crippen molar-refractivity contribution in [2.45, 2.75) is 6.92 Å². The molecule has 2 aromatic heterocycles. The number of H-pyrrole nitrogens is 1. The molecule has 0 spiro atoms. The molecule has 0 aliphatic rings. The number of fused-ring (bicyclic) bond motifs is 1. The first-order valence-electron chi connectivity index (χ1n) is 8.76. The van der Waals surface area contributed by atoms with Crippen molar-refractivity contribution in [1.82, 2.24) is 15.0 Å². The minimum atomic E-state index is -3.51. The Balaban J connectivity index is 1.77. The lowest BCUT2D eigenvalue weighted by Crippen LogP contribution is -2.14. The topological polar surface area (TPSA) is 87.7 Å². The van der Waals surface area contributed by atoms with Crippen LogP contribution in [0, 0.1) is 11.6 Å². The number of sulfonamides is 1. The molecule has 0 unspecified atom stereocenters. The fraction of sp³-hybridized carbons (Fsp3) is 0.100. The van der Waals surface area contributed by atoms with E-state index in [-0.39, 0.29) is 22.8 Å². The molecule has 2 heterocycles. The SMILES string of the molecule is CCS(=O)(=O)Nc1ccc(-c2ncnc3[nH]c(-c4ccc(F)cc4)cc23)c(F)c1. The highest BCUT2D eigenvalue weighted by Crippen LogP contribution is 2.32. The van der Waals surface area contributed by atoms with Gasteiger partial charge >= 0.3 is 0 Å². The van der Waals surface area contributed by atoms with Crippen molar-refractivity contribution in [3.63, 3.8) is 0 Å². The largest absolute Gasteiger partial charge is 0.339 e. The van der Waals surface area contributed by atoms with Gasteiger partial charge in [-0.25, -0.2) is 27.2 Å². The van der Waals surface area contributed by atoms with Crippen molar-refractivity contribution in [2.24, 2.45) is 0 Å². The molecule has 0 aliphatic heterocycles. The summed E-state index contributed by atoms with van der Waals surface area (Å²) in [6.07, 6.45) is 1.32. The van der Waals surface area contributed by atoms with E-state index in [0.29, 0.717) is 22.4 Å². The second-order valence-electron chi connectivity index (χ2n) is 6.37. The quantitative estimate of drug-likeness (QED) is 0.509. The van der Waals surface area contributed by atoms with Crippen LogP contribution in [-0.2, 0) is 10.0 Å². The molecule has 2 N–H and O–H groups in total. The van der Waals surface area contributed by atoms with Gasteiger partial charge in [-0.3, -0.25) is 4.72 Å². The Labute approximate surface area is 165 Å². The van der Waals surface area contributed by atoms with E-state index in [2.05, 4.69) is 19.7 Å². The van der Waals surface area contributed by atoms with Crippen LogP contribution in [0.5, 0.6) is 0 Å². The van der Waals surface area contributed by atoms with Crippen molar-refractivity contribution in [1.29, 1.82) is 0 Å². The third-order valence-electron chi connectivity index (χ3n) is 4.46. The van der Waals surface area contributed by atoms with Gasteiger partial charge in [-0.15, -0.1) is 0 Å². The van der Waals surface area contributed by atoms with Crippen LogP contribution in [0.25, 0.3) is 33.5 Å². The summed E-state index contributed by atoms with van der Waals surface area (Å²) in [5.41, 5.74) is 2.65. The molecule has 4 aromatic rings. The van der Waals surface area contributed by atoms with E-state index in [1.54, 1.807) is 18.2 Å². The van der Waals surface area contributed by atoms with Crippen LogP contribution in [0.4, 0.5) is 14.5 Å². The molecule has 0 radical (unpaired) electrons. The summed E-state index contributed by atoms with van der Waals surface area (Å²) in [4.78, 5) is 11.5. The van der Waals surface area contributed by atoms with Gasteiger partial charge in [-0.1, -0.05) is 0 Å². The lowest BCUT2D eigenvalue weighted by Gasteiger charge is -2.09. The zero-order valence-corrected chi connectivity index (χ0v) is 16.1. The van der Waals surface area contributed by atoms with Gasteiger partial charge in [-0.05, 0) is 61.0 Å². The standard InChI is InChI=1S/C20H16F2N4O2S/c1-2-29(27,28)26-14-7-8-15(17(22)9-14)19-16-10-18(25-20(16)24-11-23-19)12-3-5-13(21)6-4-12/h3-11,26H,2H2,1H3,(H,23,24,25). The van der Waals surface area contributed by atoms with Gasteiger partial charge in [0.2, 0.25) is 10.0 Å². The third-order valence-corrected chi connectivity index (χ3v) is 5.77. The number of benzene rings is 2. The van der Waals surface area contributed by atoms with Crippen LogP contribution in [0.1, 0.15) is 6.92 Å². The van der Waals surface area contributed by atoms with Gasteiger partial charge in [0.1, 0.15) is 23.6 Å². The summed E-state index contributed by atoms with van der Waals surface area (Å²) < 4.78 is 53.6. The zero-order chi connectivity index (χ0) is 20.6. The Morgan fingerprint density at radius 1 is 1.03 bits per heavy atom. The number of aromatic nitrogens is 3. The second-order valence-corrected chi connectivity index (χ2v) is 8.39. The first kappa shape index (κ1) is 19.0. The molecule has 0 saturated carbocycles. The minimum absolute atomic E-state index is 0.113. The highest BCUT2D eigenvalue weighted by Gasteiger charge is 2.16. The van der Waals surface area contributed by atoms with E-state index in [4.69, 9.17) is 0 Å². The van der Waals surface area contributed by atoms with E-state index in [1.165, 1.54) is 37.5 Å². The average Bonchev–Trinajstić information content (AvgIpc) is 3.13. The molecule has 2 aromatic carbocycles. The van der Waals surface area contributed by atoms with Crippen molar-refractivity contribution in [2.75, 3.05) is 10.5 Å². The van der Waals surface area contributed by atoms with Crippen molar-refractivity contribution in [3.05, 3.63) is 66.5 Å². The molecular formula is C20H16F2N4O2S. The molecule has 6 nitrogen and oxygen atoms in total. The van der Waals surface area contributed by atoms with Crippen LogP contribution in [0.15, 0.2) is 54.9 Å². The molecule has 4 rings (SSSR count). The summed E-state index contributed by atoms with van der Waals surface area (Å²) in [6, 6.07) is 11.8. The molecule has 0 bridgehead atoms.